The summed E-state index contributed by atoms with van der Waals surface area (Å²) in [5.41, 5.74) is 3.87. The van der Waals surface area contributed by atoms with Crippen LogP contribution in [0.25, 0.3) is 0 Å². The minimum absolute atomic E-state index is 0. The summed E-state index contributed by atoms with van der Waals surface area (Å²) in [5.74, 6) is 0. The van der Waals surface area contributed by atoms with E-state index in [0.29, 0.717) is 0 Å². The van der Waals surface area contributed by atoms with Gasteiger partial charge >= 0.3 is 0 Å². The minimum atomic E-state index is 0. The smallest absolute Gasteiger partial charge is 0 e. The van der Waals surface area contributed by atoms with Gasteiger partial charge in [-0.05, 0) is 0 Å². The van der Waals surface area contributed by atoms with Crippen molar-refractivity contribution in [3.8, 4) is 0 Å². The molecule has 1 rings (SSSR count). The van der Waals surface area contributed by atoms with Crippen molar-refractivity contribution in [3.63, 3.8) is 0 Å². The van der Waals surface area contributed by atoms with Crippen molar-refractivity contribution < 1.29 is 35.6 Å². The van der Waals surface area contributed by atoms with Crippen LogP contribution in [-0.2, 0) is 0 Å². The van der Waals surface area contributed by atoms with Gasteiger partial charge in [0.15, 0.2) is 0 Å². The molecule has 0 saturated heterocycles. The fraction of sp³-hybridized carbons (Fsp3) is 0.333. The largest absolute Gasteiger partial charge is 0.180 e. The quantitative estimate of drug-likeness (QED) is 0.627. The average molecular weight is 258 g/mol. The third kappa shape index (κ3) is 2.57. The van der Waals surface area contributed by atoms with Gasteiger partial charge in [0.1, 0.15) is 0 Å². The Bertz CT molecular complexity index is 216. The van der Waals surface area contributed by atoms with E-state index in [1.807, 2.05) is 6.07 Å². The van der Waals surface area contributed by atoms with Gasteiger partial charge in [-0.3, -0.25) is 0 Å². The SMILES string of the molecule is Cc1c[c-]c(C)c(C)c1.[La]. The normalized spacial score (nSPS) is 8.70. The van der Waals surface area contributed by atoms with E-state index in [-0.39, 0.29) is 35.6 Å². The van der Waals surface area contributed by atoms with E-state index in [0.717, 1.165) is 0 Å². The molecule has 0 heterocycles. The molecule has 0 aliphatic carbocycles. The van der Waals surface area contributed by atoms with Crippen LogP contribution in [0, 0.1) is 62.4 Å². The van der Waals surface area contributed by atoms with Gasteiger partial charge in [-0.15, -0.1) is 0 Å². The Morgan fingerprint density at radius 3 is 2.20 bits per heavy atom. The van der Waals surface area contributed by atoms with Crippen molar-refractivity contribution in [3.05, 3.63) is 34.9 Å². The van der Waals surface area contributed by atoms with E-state index in [9.17, 15) is 0 Å². The Morgan fingerprint density at radius 2 is 1.80 bits per heavy atom. The van der Waals surface area contributed by atoms with Gasteiger partial charge in [-0.2, -0.15) is 34.9 Å². The van der Waals surface area contributed by atoms with E-state index in [2.05, 4.69) is 32.9 Å². The molecule has 0 saturated carbocycles. The zero-order chi connectivity index (χ0) is 6.85. The third-order valence-corrected chi connectivity index (χ3v) is 1.55. The van der Waals surface area contributed by atoms with Gasteiger partial charge in [-0.1, -0.05) is 20.8 Å². The molecule has 1 aromatic rings. The van der Waals surface area contributed by atoms with Crippen molar-refractivity contribution in [2.45, 2.75) is 20.8 Å². The second-order valence-corrected chi connectivity index (χ2v) is 2.49. The minimum Gasteiger partial charge on any atom is -0.180 e. The van der Waals surface area contributed by atoms with Crippen molar-refractivity contribution in [2.75, 3.05) is 0 Å². The number of hydrogen-bond donors (Lipinski definition) is 0. The molecule has 1 radical (unpaired) electrons. The summed E-state index contributed by atoms with van der Waals surface area (Å²) in [6, 6.07) is 7.36. The Morgan fingerprint density at radius 1 is 1.20 bits per heavy atom. The summed E-state index contributed by atoms with van der Waals surface area (Å²) in [5, 5.41) is 0. The van der Waals surface area contributed by atoms with Crippen LogP contribution in [0.2, 0.25) is 0 Å². The molecule has 1 heteroatoms. The summed E-state index contributed by atoms with van der Waals surface area (Å²) in [6.45, 7) is 6.27. The van der Waals surface area contributed by atoms with Crippen LogP contribution >= 0.6 is 0 Å². The predicted molar refractivity (Wildman–Crippen MR) is 39.5 cm³/mol. The first-order valence-corrected chi connectivity index (χ1v) is 3.15. The summed E-state index contributed by atoms with van der Waals surface area (Å²) >= 11 is 0. The molecule has 0 nitrogen and oxygen atoms in total. The van der Waals surface area contributed by atoms with E-state index in [1.165, 1.54) is 16.7 Å². The second-order valence-electron chi connectivity index (χ2n) is 2.49. The number of hydrogen-bond acceptors (Lipinski definition) is 0. The molecular formula is C9H11La-. The maximum absolute atomic E-state index is 3.17. The Kier molecular flexibility index (Phi) is 4.50. The standard InChI is InChI=1S/C9H11.La/c1-7-4-5-8(2)9(3)6-7;/h4,6H,1-3H3;/q-1;. The molecule has 0 bridgehead atoms. The van der Waals surface area contributed by atoms with E-state index in [1.54, 1.807) is 0 Å². The molecule has 10 heavy (non-hydrogen) atoms. The first kappa shape index (κ1) is 10.4. The first-order chi connectivity index (χ1) is 4.20. The average Bonchev–Trinajstić information content (AvgIpc) is 1.80. The molecular weight excluding hydrogens is 247 g/mol. The molecule has 0 spiro atoms. The molecule has 51 valence electrons. The van der Waals surface area contributed by atoms with Gasteiger partial charge in [0.25, 0.3) is 0 Å². The van der Waals surface area contributed by atoms with Gasteiger partial charge in [0, 0.05) is 35.6 Å². The zero-order valence-electron chi connectivity index (χ0n) is 6.73. The summed E-state index contributed by atoms with van der Waals surface area (Å²) < 4.78 is 0. The fourth-order valence-electron chi connectivity index (χ4n) is 0.827. The molecule has 0 aliphatic rings. The van der Waals surface area contributed by atoms with Crippen LogP contribution in [0.4, 0.5) is 0 Å². The zero-order valence-corrected chi connectivity index (χ0v) is 10.4. The summed E-state index contributed by atoms with van der Waals surface area (Å²) in [6.07, 6.45) is 0. The van der Waals surface area contributed by atoms with E-state index < -0.39 is 0 Å². The van der Waals surface area contributed by atoms with Crippen LogP contribution in [0.1, 0.15) is 16.7 Å². The molecule has 1 aromatic carbocycles. The first-order valence-electron chi connectivity index (χ1n) is 3.15. The number of aryl methyl sites for hydroxylation is 3. The van der Waals surface area contributed by atoms with Crippen LogP contribution in [0.15, 0.2) is 12.1 Å². The Balaban J connectivity index is 0.000000810. The molecule has 0 amide bonds. The second kappa shape index (κ2) is 4.33. The van der Waals surface area contributed by atoms with Crippen molar-refractivity contribution in [1.29, 1.82) is 0 Å². The monoisotopic (exact) mass is 258 g/mol. The topological polar surface area (TPSA) is 0 Å². The molecule has 0 N–H and O–H groups in total. The third-order valence-electron chi connectivity index (χ3n) is 1.55. The van der Waals surface area contributed by atoms with Gasteiger partial charge in [0.2, 0.25) is 0 Å². The molecule has 0 unspecified atom stereocenters. The van der Waals surface area contributed by atoms with Crippen LogP contribution in [-0.4, -0.2) is 0 Å². The van der Waals surface area contributed by atoms with E-state index in [4.69, 9.17) is 0 Å². The Hall–Kier alpha value is 0.415. The fourth-order valence-corrected chi connectivity index (χ4v) is 0.827. The molecule has 0 atom stereocenters. The van der Waals surface area contributed by atoms with Crippen LogP contribution < -0.4 is 0 Å². The Labute approximate surface area is 90.6 Å². The van der Waals surface area contributed by atoms with Crippen molar-refractivity contribution in [1.82, 2.24) is 0 Å². The molecule has 0 fully saturated rings. The van der Waals surface area contributed by atoms with E-state index >= 15 is 0 Å². The van der Waals surface area contributed by atoms with Gasteiger partial charge in [0.05, 0.1) is 0 Å². The predicted octanol–water partition coefficient (Wildman–Crippen LogP) is 2.41. The maximum Gasteiger partial charge on any atom is 0 e. The van der Waals surface area contributed by atoms with Crippen molar-refractivity contribution in [2.24, 2.45) is 0 Å². The molecule has 0 aliphatic heterocycles. The number of rotatable bonds is 0. The van der Waals surface area contributed by atoms with Gasteiger partial charge in [-0.25, -0.2) is 0 Å². The summed E-state index contributed by atoms with van der Waals surface area (Å²) in [7, 11) is 0. The van der Waals surface area contributed by atoms with Crippen LogP contribution in [0.5, 0.6) is 0 Å². The number of benzene rings is 1. The van der Waals surface area contributed by atoms with Crippen LogP contribution in [0.3, 0.4) is 0 Å². The van der Waals surface area contributed by atoms with Gasteiger partial charge < -0.3 is 0 Å². The van der Waals surface area contributed by atoms with Crippen molar-refractivity contribution >= 4 is 0 Å². The molecule has 0 aromatic heterocycles. The summed E-state index contributed by atoms with van der Waals surface area (Å²) in [4.78, 5) is 0. The maximum atomic E-state index is 3.17.